The van der Waals surface area contributed by atoms with Gasteiger partial charge in [-0.15, -0.1) is 0 Å². The van der Waals surface area contributed by atoms with Crippen LogP contribution >= 0.6 is 0 Å². The topological polar surface area (TPSA) is 68.7 Å². The molecule has 1 aromatic heterocycles. The van der Waals surface area contributed by atoms with Crippen molar-refractivity contribution in [2.24, 2.45) is 0 Å². The molecule has 0 bridgehead atoms. The summed E-state index contributed by atoms with van der Waals surface area (Å²) in [5, 5.41) is 9.18. The zero-order valence-electron chi connectivity index (χ0n) is 15.9. The Labute approximate surface area is 168 Å². The molecule has 0 spiro atoms. The number of aryl methyl sites for hydroxylation is 1. The van der Waals surface area contributed by atoms with E-state index in [2.05, 4.69) is 4.98 Å². The molecule has 0 saturated carbocycles. The second kappa shape index (κ2) is 10.2. The molecule has 0 aliphatic heterocycles. The van der Waals surface area contributed by atoms with Crippen LogP contribution in [0.1, 0.15) is 29.5 Å². The summed E-state index contributed by atoms with van der Waals surface area (Å²) in [6.45, 7) is 0.652. The van der Waals surface area contributed by atoms with Crippen molar-refractivity contribution in [2.45, 2.75) is 32.5 Å². The van der Waals surface area contributed by atoms with Crippen molar-refractivity contribution in [1.29, 1.82) is 0 Å². The van der Waals surface area contributed by atoms with E-state index in [0.29, 0.717) is 19.4 Å². The van der Waals surface area contributed by atoms with Gasteiger partial charge in [0.25, 0.3) is 0 Å². The maximum Gasteiger partial charge on any atom is 0.306 e. The van der Waals surface area contributed by atoms with Gasteiger partial charge in [-0.2, -0.15) is 0 Å². The molecule has 0 fully saturated rings. The van der Waals surface area contributed by atoms with Crippen molar-refractivity contribution in [2.75, 3.05) is 0 Å². The average molecular weight is 395 g/mol. The summed E-state index contributed by atoms with van der Waals surface area (Å²) >= 11 is 0. The number of hydrogen-bond acceptors (Lipinski definition) is 5. The van der Waals surface area contributed by atoms with Crippen LogP contribution in [0, 0.1) is 5.82 Å². The number of carbonyl (C=O) groups is 1. The largest absolute Gasteiger partial charge is 0.505 e. The van der Waals surface area contributed by atoms with E-state index in [4.69, 9.17) is 9.47 Å². The molecule has 0 radical (unpaired) electrons. The Balaban J connectivity index is 1.36. The molecule has 5 nitrogen and oxygen atoms in total. The van der Waals surface area contributed by atoms with Crippen molar-refractivity contribution >= 4 is 5.97 Å². The zero-order chi connectivity index (χ0) is 20.5. The third kappa shape index (κ3) is 6.60. The van der Waals surface area contributed by atoms with Crippen molar-refractivity contribution in [3.05, 3.63) is 89.5 Å². The normalized spacial score (nSPS) is 10.5. The van der Waals surface area contributed by atoms with Crippen LogP contribution in [0.3, 0.4) is 0 Å². The van der Waals surface area contributed by atoms with E-state index in [-0.39, 0.29) is 24.7 Å². The highest BCUT2D eigenvalue weighted by Crippen LogP contribution is 2.18. The molecule has 0 atom stereocenters. The van der Waals surface area contributed by atoms with Gasteiger partial charge in [0.15, 0.2) is 11.6 Å². The molecule has 2 aromatic carbocycles. The molecule has 6 heteroatoms. The highest BCUT2D eigenvalue weighted by molar-refractivity contribution is 5.69. The predicted octanol–water partition coefficient (Wildman–Crippen LogP) is 4.57. The van der Waals surface area contributed by atoms with Crippen LogP contribution in [0.4, 0.5) is 4.39 Å². The van der Waals surface area contributed by atoms with Gasteiger partial charge in [0.1, 0.15) is 19.0 Å². The number of halogens is 1. The minimum atomic E-state index is -0.654. The maximum absolute atomic E-state index is 13.3. The number of rotatable bonds is 9. The number of esters is 1. The Kier molecular flexibility index (Phi) is 7.16. The second-order valence-corrected chi connectivity index (χ2v) is 6.59. The van der Waals surface area contributed by atoms with Crippen LogP contribution in [0.15, 0.2) is 67.0 Å². The van der Waals surface area contributed by atoms with Gasteiger partial charge in [0, 0.05) is 18.8 Å². The zero-order valence-corrected chi connectivity index (χ0v) is 15.9. The SMILES string of the molecule is O=C(CCCc1ccc(O)c(F)c1)OCc1ccc(OCc2ccncc2)cc1. The first kappa shape index (κ1) is 20.3. The fourth-order valence-corrected chi connectivity index (χ4v) is 2.71. The molecule has 0 aliphatic rings. The first-order chi connectivity index (χ1) is 14.1. The number of carbonyl (C=O) groups excluding carboxylic acids is 1. The van der Waals surface area contributed by atoms with Crippen LogP contribution in [0.25, 0.3) is 0 Å². The smallest absolute Gasteiger partial charge is 0.306 e. The minimum absolute atomic E-state index is 0.192. The number of nitrogens with zero attached hydrogens (tertiary/aromatic N) is 1. The van der Waals surface area contributed by atoms with E-state index in [0.717, 1.165) is 22.4 Å². The van der Waals surface area contributed by atoms with Gasteiger partial charge >= 0.3 is 5.97 Å². The quantitative estimate of drug-likeness (QED) is 0.538. The summed E-state index contributed by atoms with van der Waals surface area (Å²) in [6, 6.07) is 15.4. The fourth-order valence-electron chi connectivity index (χ4n) is 2.71. The lowest BCUT2D eigenvalue weighted by Gasteiger charge is -2.08. The van der Waals surface area contributed by atoms with Crippen molar-refractivity contribution in [1.82, 2.24) is 4.98 Å². The fraction of sp³-hybridized carbons (Fsp3) is 0.217. The summed E-state index contributed by atoms with van der Waals surface area (Å²) in [6.07, 6.45) is 4.77. The molecule has 0 amide bonds. The maximum atomic E-state index is 13.3. The van der Waals surface area contributed by atoms with Crippen molar-refractivity contribution in [3.63, 3.8) is 0 Å². The molecule has 0 aliphatic carbocycles. The molecule has 3 aromatic rings. The highest BCUT2D eigenvalue weighted by Gasteiger charge is 2.06. The standard InChI is InChI=1S/C23H22FNO4/c24-21-14-17(6-9-22(21)26)2-1-3-23(27)29-16-18-4-7-20(8-5-18)28-15-19-10-12-25-13-11-19/h4-14,26H,1-3,15-16H2. The Bertz CT molecular complexity index is 929. The molecule has 3 rings (SSSR count). The molecule has 150 valence electrons. The summed E-state index contributed by atoms with van der Waals surface area (Å²) in [7, 11) is 0. The van der Waals surface area contributed by atoms with E-state index in [1.54, 1.807) is 18.5 Å². The number of hydrogen-bond donors (Lipinski definition) is 1. The first-order valence-electron chi connectivity index (χ1n) is 9.34. The number of pyridine rings is 1. The number of ether oxygens (including phenoxy) is 2. The number of phenolic OH excluding ortho intramolecular Hbond substituents is 1. The second-order valence-electron chi connectivity index (χ2n) is 6.59. The highest BCUT2D eigenvalue weighted by atomic mass is 19.1. The molecular weight excluding hydrogens is 373 g/mol. The van der Waals surface area contributed by atoms with Crippen molar-refractivity contribution in [3.8, 4) is 11.5 Å². The molecule has 1 N–H and O–H groups in total. The van der Waals surface area contributed by atoms with Crippen LogP contribution in [-0.2, 0) is 29.2 Å². The third-order valence-electron chi connectivity index (χ3n) is 4.34. The van der Waals surface area contributed by atoms with E-state index < -0.39 is 5.82 Å². The van der Waals surface area contributed by atoms with E-state index in [9.17, 15) is 14.3 Å². The van der Waals surface area contributed by atoms with Gasteiger partial charge in [0.2, 0.25) is 0 Å². The van der Waals surface area contributed by atoms with Gasteiger partial charge in [-0.05, 0) is 65.9 Å². The first-order valence-corrected chi connectivity index (χ1v) is 9.34. The Morgan fingerprint density at radius 2 is 1.62 bits per heavy atom. The minimum Gasteiger partial charge on any atom is -0.505 e. The van der Waals surface area contributed by atoms with Gasteiger partial charge in [-0.3, -0.25) is 9.78 Å². The van der Waals surface area contributed by atoms with Gasteiger partial charge < -0.3 is 14.6 Å². The number of aromatic hydroxyl groups is 1. The Morgan fingerprint density at radius 3 is 2.34 bits per heavy atom. The van der Waals surface area contributed by atoms with Gasteiger partial charge in [-0.25, -0.2) is 4.39 Å². The molecule has 0 saturated heterocycles. The number of phenols is 1. The Hall–Kier alpha value is -3.41. The van der Waals surface area contributed by atoms with Gasteiger partial charge in [-0.1, -0.05) is 18.2 Å². The molecule has 0 unspecified atom stereocenters. The average Bonchev–Trinajstić information content (AvgIpc) is 2.75. The summed E-state index contributed by atoms with van der Waals surface area (Å²) in [5.41, 5.74) is 2.64. The van der Waals surface area contributed by atoms with Crippen LogP contribution in [0.5, 0.6) is 11.5 Å². The lowest BCUT2D eigenvalue weighted by atomic mass is 10.1. The van der Waals surface area contributed by atoms with Crippen LogP contribution in [0.2, 0.25) is 0 Å². The number of benzene rings is 2. The molecular formula is C23H22FNO4. The van der Waals surface area contributed by atoms with Crippen molar-refractivity contribution < 1.29 is 23.8 Å². The molecule has 1 heterocycles. The lowest BCUT2D eigenvalue weighted by Crippen LogP contribution is -2.05. The van der Waals surface area contributed by atoms with E-state index >= 15 is 0 Å². The monoisotopic (exact) mass is 395 g/mol. The summed E-state index contributed by atoms with van der Waals surface area (Å²) < 4.78 is 24.3. The summed E-state index contributed by atoms with van der Waals surface area (Å²) in [4.78, 5) is 15.9. The lowest BCUT2D eigenvalue weighted by molar-refractivity contribution is -0.145. The van der Waals surface area contributed by atoms with Crippen LogP contribution < -0.4 is 4.74 Å². The predicted molar refractivity (Wildman–Crippen MR) is 106 cm³/mol. The van der Waals surface area contributed by atoms with E-state index in [1.807, 2.05) is 36.4 Å². The van der Waals surface area contributed by atoms with E-state index in [1.165, 1.54) is 12.1 Å². The third-order valence-corrected chi connectivity index (χ3v) is 4.34. The van der Waals surface area contributed by atoms with Gasteiger partial charge in [0.05, 0.1) is 0 Å². The summed E-state index contributed by atoms with van der Waals surface area (Å²) in [5.74, 6) is -0.597. The molecule has 29 heavy (non-hydrogen) atoms. The number of aromatic nitrogens is 1. The van der Waals surface area contributed by atoms with Crippen LogP contribution in [-0.4, -0.2) is 16.1 Å². The Morgan fingerprint density at radius 1 is 0.931 bits per heavy atom.